The lowest BCUT2D eigenvalue weighted by Crippen LogP contribution is -2.67. The molecule has 0 N–H and O–H groups in total. The first-order valence-corrected chi connectivity index (χ1v) is 13.2. The maximum atomic E-state index is 13.6. The number of hydrogen-bond acceptors (Lipinski definition) is 3. The van der Waals surface area contributed by atoms with E-state index in [-0.39, 0.29) is 31.2 Å². The third kappa shape index (κ3) is 3.74. The number of carbonyl (C=O) groups excluding carboxylic acids is 3. The van der Waals surface area contributed by atoms with Crippen molar-refractivity contribution in [1.29, 1.82) is 0 Å². The van der Waals surface area contributed by atoms with Crippen molar-refractivity contribution in [3.63, 3.8) is 0 Å². The molecular weight excluding hydrogens is 666 g/mol. The summed E-state index contributed by atoms with van der Waals surface area (Å²) in [5.41, 5.74) is 1.98. The van der Waals surface area contributed by atoms with E-state index < -0.39 is 29.8 Å². The number of amides is 3. The van der Waals surface area contributed by atoms with Crippen molar-refractivity contribution in [2.24, 2.45) is 0 Å². The van der Waals surface area contributed by atoms with Crippen molar-refractivity contribution in [3.05, 3.63) is 93.8 Å². The Morgan fingerprint density at radius 2 is 1.34 bits per heavy atom. The molecule has 5 rings (SSSR count). The number of fused-ring (bicyclic) bond motifs is 1. The van der Waals surface area contributed by atoms with E-state index in [9.17, 15) is 14.4 Å². The number of imide groups is 1. The number of rotatable bonds is 3. The van der Waals surface area contributed by atoms with E-state index in [4.69, 9.17) is 46.4 Å². The second-order valence-corrected chi connectivity index (χ2v) is 11.4. The Bertz CT molecular complexity index is 1430. The van der Waals surface area contributed by atoms with Crippen LogP contribution >= 0.6 is 78.3 Å². The van der Waals surface area contributed by atoms with Gasteiger partial charge in [0.2, 0.25) is 0 Å². The lowest BCUT2D eigenvalue weighted by molar-refractivity contribution is -0.130. The zero-order valence-corrected chi connectivity index (χ0v) is 23.8. The summed E-state index contributed by atoms with van der Waals surface area (Å²) in [6.07, 6.45) is 0. The summed E-state index contributed by atoms with van der Waals surface area (Å²) >= 11 is 31.8. The van der Waals surface area contributed by atoms with Crippen LogP contribution in [-0.4, -0.2) is 28.7 Å². The van der Waals surface area contributed by atoms with E-state index in [1.807, 2.05) is 43.3 Å². The third-order valence-electron chi connectivity index (χ3n) is 6.09. The molecule has 0 radical (unpaired) electrons. The molecule has 1 fully saturated rings. The summed E-state index contributed by atoms with van der Waals surface area (Å²) in [5, 5.41) is -0.614. The number of anilines is 1. The Morgan fingerprint density at radius 1 is 0.743 bits per heavy atom. The summed E-state index contributed by atoms with van der Waals surface area (Å²) < 4.78 is 1.68. The van der Waals surface area contributed by atoms with Crippen LogP contribution in [0.3, 0.4) is 0 Å². The molecule has 2 aliphatic heterocycles. The third-order valence-corrected chi connectivity index (χ3v) is 9.27. The lowest BCUT2D eigenvalue weighted by atomic mass is 9.86. The normalized spacial score (nSPS) is 19.3. The van der Waals surface area contributed by atoms with Gasteiger partial charge in [0.15, 0.2) is 0 Å². The molecule has 0 unspecified atom stereocenters. The highest BCUT2D eigenvalue weighted by molar-refractivity contribution is 9.10. The van der Waals surface area contributed by atoms with E-state index in [2.05, 4.69) is 31.9 Å². The minimum absolute atomic E-state index is 0.129. The Balaban J connectivity index is 1.65. The van der Waals surface area contributed by atoms with Gasteiger partial charge in [0.1, 0.15) is 6.04 Å². The molecule has 0 aliphatic carbocycles. The number of benzene rings is 3. The second-order valence-electron chi connectivity index (χ2n) is 8.07. The highest BCUT2D eigenvalue weighted by atomic mass is 79.9. The van der Waals surface area contributed by atoms with E-state index in [1.54, 1.807) is 11.0 Å². The first kappa shape index (κ1) is 25.1. The molecular formula is C24H12Br2Cl4N2O3. The highest BCUT2D eigenvalue weighted by Gasteiger charge is 2.58. The number of aryl methyl sites for hydroxylation is 1. The minimum atomic E-state index is -1.12. The molecule has 0 saturated carbocycles. The quantitative estimate of drug-likeness (QED) is 0.123. The van der Waals surface area contributed by atoms with E-state index >= 15 is 0 Å². The average Bonchev–Trinajstić information content (AvgIpc) is 3.07. The molecule has 0 bridgehead atoms. The van der Waals surface area contributed by atoms with Crippen LogP contribution in [0.4, 0.5) is 5.69 Å². The number of β-lactam (4-membered cyclic amide) rings is 1. The minimum Gasteiger partial charge on any atom is -0.300 e. The van der Waals surface area contributed by atoms with Gasteiger partial charge in [0, 0.05) is 14.6 Å². The van der Waals surface area contributed by atoms with Crippen LogP contribution in [-0.2, 0) is 4.79 Å². The number of halogens is 6. The molecule has 3 amide bonds. The van der Waals surface area contributed by atoms with Gasteiger partial charge in [0.25, 0.3) is 17.7 Å². The molecule has 2 heterocycles. The predicted molar refractivity (Wildman–Crippen MR) is 144 cm³/mol. The van der Waals surface area contributed by atoms with Crippen LogP contribution < -0.4 is 4.90 Å². The van der Waals surface area contributed by atoms with Gasteiger partial charge in [-0.1, -0.05) is 90.4 Å². The van der Waals surface area contributed by atoms with Crippen LogP contribution in [0.1, 0.15) is 37.9 Å². The van der Waals surface area contributed by atoms with Crippen LogP contribution in [0.25, 0.3) is 0 Å². The van der Waals surface area contributed by atoms with E-state index in [0.717, 1.165) is 25.0 Å². The Kier molecular flexibility index (Phi) is 6.48. The van der Waals surface area contributed by atoms with Gasteiger partial charge in [-0.2, -0.15) is 0 Å². The standard InChI is InChI=1S/C24H12Br2Cl4N2O3/c1-9-7-12(5-6-13(9)26)31-20(10-3-2-4-11(25)8-10)21(24(31)35)32-22(33)14-15(23(32)34)17(28)19(30)18(29)16(14)27/h2-8,20-21H,1H3/t20-,21+/m0/s1. The van der Waals surface area contributed by atoms with Crippen molar-refractivity contribution < 1.29 is 14.4 Å². The fraction of sp³-hybridized carbons (Fsp3) is 0.125. The predicted octanol–water partition coefficient (Wildman–Crippen LogP) is 7.89. The largest absolute Gasteiger partial charge is 0.300 e. The summed E-state index contributed by atoms with van der Waals surface area (Å²) in [6.45, 7) is 1.91. The van der Waals surface area contributed by atoms with Gasteiger partial charge in [-0.05, 0) is 48.4 Å². The van der Waals surface area contributed by atoms with Gasteiger partial charge >= 0.3 is 0 Å². The highest BCUT2D eigenvalue weighted by Crippen LogP contribution is 2.49. The van der Waals surface area contributed by atoms with Crippen LogP contribution in [0, 0.1) is 6.92 Å². The van der Waals surface area contributed by atoms with Crippen molar-refractivity contribution in [2.45, 2.75) is 19.0 Å². The van der Waals surface area contributed by atoms with Crippen LogP contribution in [0.2, 0.25) is 20.1 Å². The molecule has 3 aromatic rings. The molecule has 3 aromatic carbocycles. The molecule has 2 atom stereocenters. The first-order valence-electron chi connectivity index (χ1n) is 10.1. The van der Waals surface area contributed by atoms with Gasteiger partial charge < -0.3 is 4.90 Å². The Hall–Kier alpha value is -1.61. The maximum absolute atomic E-state index is 13.6. The zero-order valence-electron chi connectivity index (χ0n) is 17.6. The fourth-order valence-electron chi connectivity index (χ4n) is 4.43. The second kappa shape index (κ2) is 9.05. The van der Waals surface area contributed by atoms with Gasteiger partial charge in [0.05, 0.1) is 37.3 Å². The molecule has 2 aliphatic rings. The van der Waals surface area contributed by atoms with Gasteiger partial charge in [-0.3, -0.25) is 19.3 Å². The fourth-order valence-corrected chi connectivity index (χ4v) is 6.11. The van der Waals surface area contributed by atoms with Crippen LogP contribution in [0.15, 0.2) is 51.4 Å². The van der Waals surface area contributed by atoms with Crippen molar-refractivity contribution >= 4 is 102 Å². The van der Waals surface area contributed by atoms with Crippen molar-refractivity contribution in [1.82, 2.24) is 4.90 Å². The number of nitrogens with zero attached hydrogens (tertiary/aromatic N) is 2. The van der Waals surface area contributed by atoms with Crippen molar-refractivity contribution in [3.8, 4) is 0 Å². The summed E-state index contributed by atoms with van der Waals surface area (Å²) in [6, 6.07) is 11.1. The maximum Gasteiger partial charge on any atom is 0.264 e. The monoisotopic (exact) mass is 674 g/mol. The average molecular weight is 678 g/mol. The van der Waals surface area contributed by atoms with Crippen LogP contribution in [0.5, 0.6) is 0 Å². The summed E-state index contributed by atoms with van der Waals surface area (Å²) in [4.78, 5) is 43.0. The molecule has 1 saturated heterocycles. The zero-order chi connectivity index (χ0) is 25.3. The summed E-state index contributed by atoms with van der Waals surface area (Å²) in [7, 11) is 0. The van der Waals surface area contributed by atoms with Gasteiger partial charge in [-0.25, -0.2) is 0 Å². The van der Waals surface area contributed by atoms with Crippen molar-refractivity contribution in [2.75, 3.05) is 4.90 Å². The van der Waals surface area contributed by atoms with Gasteiger partial charge in [-0.15, -0.1) is 0 Å². The lowest BCUT2D eigenvalue weighted by Gasteiger charge is -2.50. The SMILES string of the molecule is Cc1cc(N2C(=O)[C@H](N3C(=O)c4c(Cl)c(Cl)c(Cl)c(Cl)c4C3=O)[C@@H]2c2cccc(Br)c2)ccc1Br. The Morgan fingerprint density at radius 3 is 1.89 bits per heavy atom. The first-order chi connectivity index (χ1) is 16.5. The molecule has 178 valence electrons. The topological polar surface area (TPSA) is 57.7 Å². The van der Waals surface area contributed by atoms with E-state index in [0.29, 0.717) is 5.69 Å². The molecule has 0 spiro atoms. The molecule has 0 aromatic heterocycles. The molecule has 11 heteroatoms. The molecule has 5 nitrogen and oxygen atoms in total. The Labute approximate surface area is 237 Å². The number of carbonyl (C=O) groups is 3. The molecule has 35 heavy (non-hydrogen) atoms. The van der Waals surface area contributed by atoms with E-state index in [1.165, 1.54) is 0 Å². The summed E-state index contributed by atoms with van der Waals surface area (Å²) in [5.74, 6) is -1.92. The number of hydrogen-bond donors (Lipinski definition) is 0. The smallest absolute Gasteiger partial charge is 0.264 e.